The molecule has 0 spiro atoms. The van der Waals surface area contributed by atoms with E-state index in [0.29, 0.717) is 22.4 Å². The zero-order valence-corrected chi connectivity index (χ0v) is 14.0. The normalized spacial score (nSPS) is 14.1. The van der Waals surface area contributed by atoms with Crippen LogP contribution in [0.4, 0.5) is 10.1 Å². The molecule has 0 fully saturated rings. The Morgan fingerprint density at radius 3 is 2.81 bits per heavy atom. The maximum atomic E-state index is 13.4. The van der Waals surface area contributed by atoms with E-state index in [0.717, 1.165) is 4.90 Å². The molecule has 2 amide bonds. The molecule has 0 radical (unpaired) electrons. The van der Waals surface area contributed by atoms with Gasteiger partial charge in [0.15, 0.2) is 5.58 Å². The van der Waals surface area contributed by atoms with Crippen LogP contribution < -0.4 is 5.32 Å². The molecule has 27 heavy (non-hydrogen) atoms. The van der Waals surface area contributed by atoms with Crippen molar-refractivity contribution in [1.29, 1.82) is 0 Å². The summed E-state index contributed by atoms with van der Waals surface area (Å²) in [4.78, 5) is 29.3. The van der Waals surface area contributed by atoms with E-state index in [9.17, 15) is 14.0 Å². The third-order valence-electron chi connectivity index (χ3n) is 4.07. The minimum absolute atomic E-state index is 0.0569. The van der Waals surface area contributed by atoms with Gasteiger partial charge in [0.25, 0.3) is 11.8 Å². The number of benzene rings is 2. The molecule has 0 saturated carbocycles. The fourth-order valence-corrected chi connectivity index (χ4v) is 2.82. The van der Waals surface area contributed by atoms with Crippen molar-refractivity contribution in [3.8, 4) is 11.5 Å². The van der Waals surface area contributed by atoms with Crippen molar-refractivity contribution in [2.45, 2.75) is 0 Å². The second-order valence-electron chi connectivity index (χ2n) is 5.91. The van der Waals surface area contributed by atoms with Crippen LogP contribution in [0.5, 0.6) is 0 Å². The van der Waals surface area contributed by atoms with Crippen molar-refractivity contribution in [1.82, 2.24) is 9.88 Å². The summed E-state index contributed by atoms with van der Waals surface area (Å²) in [5.41, 5.74) is 2.19. The number of rotatable bonds is 5. The summed E-state index contributed by atoms with van der Waals surface area (Å²) in [6.07, 6.45) is 1.18. The standard InChI is InChI=1S/C19H14FN3O4/c20-12-3-1-2-11(8-12)18-22-14-9-13(4-5-16(14)27-18)21-15-10-17(25)23(6-7-24)19(15)26/h1-5,8-10,21,24H,6-7H2. The average Bonchev–Trinajstić information content (AvgIpc) is 3.18. The second-order valence-corrected chi connectivity index (χ2v) is 5.91. The molecule has 4 rings (SSSR count). The summed E-state index contributed by atoms with van der Waals surface area (Å²) in [5, 5.41) is 11.8. The summed E-state index contributed by atoms with van der Waals surface area (Å²) in [6, 6.07) is 10.9. The first-order chi connectivity index (χ1) is 13.0. The number of aliphatic hydroxyl groups is 1. The Morgan fingerprint density at radius 1 is 1.19 bits per heavy atom. The first kappa shape index (κ1) is 16.9. The minimum atomic E-state index is -0.505. The largest absolute Gasteiger partial charge is 0.436 e. The predicted octanol–water partition coefficient (Wildman–Crippen LogP) is 2.29. The molecule has 2 heterocycles. The Labute approximate surface area is 152 Å². The van der Waals surface area contributed by atoms with Gasteiger partial charge in [-0.1, -0.05) is 6.07 Å². The van der Waals surface area contributed by atoms with Gasteiger partial charge < -0.3 is 14.8 Å². The van der Waals surface area contributed by atoms with Gasteiger partial charge in [0.05, 0.1) is 13.2 Å². The predicted molar refractivity (Wildman–Crippen MR) is 94.9 cm³/mol. The van der Waals surface area contributed by atoms with E-state index >= 15 is 0 Å². The van der Waals surface area contributed by atoms with Crippen molar-refractivity contribution in [3.05, 3.63) is 60.1 Å². The van der Waals surface area contributed by atoms with Crippen LogP contribution in [0.3, 0.4) is 0 Å². The number of nitrogens with one attached hydrogen (secondary N) is 1. The van der Waals surface area contributed by atoms with Gasteiger partial charge in [-0.15, -0.1) is 0 Å². The zero-order valence-electron chi connectivity index (χ0n) is 14.0. The molecule has 1 aliphatic heterocycles. The van der Waals surface area contributed by atoms with Crippen LogP contribution in [0.25, 0.3) is 22.6 Å². The van der Waals surface area contributed by atoms with E-state index < -0.39 is 11.8 Å². The summed E-state index contributed by atoms with van der Waals surface area (Å²) >= 11 is 0. The fraction of sp³-hybridized carbons (Fsp3) is 0.105. The number of nitrogens with zero attached hydrogens (tertiary/aromatic N) is 2. The number of carbonyl (C=O) groups is 2. The van der Waals surface area contributed by atoms with Crippen LogP contribution in [-0.2, 0) is 9.59 Å². The first-order valence-electron chi connectivity index (χ1n) is 8.17. The maximum absolute atomic E-state index is 13.4. The third-order valence-corrected chi connectivity index (χ3v) is 4.07. The minimum Gasteiger partial charge on any atom is -0.436 e. The van der Waals surface area contributed by atoms with Gasteiger partial charge in [0.1, 0.15) is 17.0 Å². The molecule has 0 unspecified atom stereocenters. The van der Waals surface area contributed by atoms with Gasteiger partial charge in [0, 0.05) is 17.3 Å². The van der Waals surface area contributed by atoms with E-state index in [1.165, 1.54) is 18.2 Å². The van der Waals surface area contributed by atoms with E-state index in [-0.39, 0.29) is 30.6 Å². The highest BCUT2D eigenvalue weighted by molar-refractivity contribution is 6.17. The number of halogens is 1. The van der Waals surface area contributed by atoms with Crippen LogP contribution in [0.2, 0.25) is 0 Å². The van der Waals surface area contributed by atoms with Crippen molar-refractivity contribution in [2.24, 2.45) is 0 Å². The highest BCUT2D eigenvalue weighted by atomic mass is 19.1. The molecule has 3 aromatic rings. The molecule has 1 aliphatic rings. The summed E-state index contributed by atoms with van der Waals surface area (Å²) < 4.78 is 19.0. The summed E-state index contributed by atoms with van der Waals surface area (Å²) in [7, 11) is 0. The number of β-amino-alcohol motifs (C(OH)–C–C–N with tert-alkyl or cyclic N) is 1. The lowest BCUT2D eigenvalue weighted by Gasteiger charge is -2.13. The topological polar surface area (TPSA) is 95.7 Å². The Bertz CT molecular complexity index is 1090. The van der Waals surface area contributed by atoms with Crippen molar-refractivity contribution < 1.29 is 23.5 Å². The molecule has 2 N–H and O–H groups in total. The number of imide groups is 1. The number of hydrogen-bond acceptors (Lipinski definition) is 6. The van der Waals surface area contributed by atoms with Gasteiger partial charge in [-0.25, -0.2) is 9.37 Å². The molecule has 7 nitrogen and oxygen atoms in total. The Balaban J connectivity index is 1.60. The lowest BCUT2D eigenvalue weighted by atomic mass is 10.2. The number of aliphatic hydroxyl groups excluding tert-OH is 1. The van der Waals surface area contributed by atoms with E-state index in [2.05, 4.69) is 10.3 Å². The first-order valence-corrected chi connectivity index (χ1v) is 8.17. The van der Waals surface area contributed by atoms with Crippen molar-refractivity contribution in [2.75, 3.05) is 18.5 Å². The average molecular weight is 367 g/mol. The number of amides is 2. The number of anilines is 1. The molecule has 1 aromatic heterocycles. The zero-order chi connectivity index (χ0) is 19.0. The van der Waals surface area contributed by atoms with Crippen molar-refractivity contribution >= 4 is 28.6 Å². The molecule has 0 saturated heterocycles. The highest BCUT2D eigenvalue weighted by Gasteiger charge is 2.30. The smallest absolute Gasteiger partial charge is 0.277 e. The van der Waals surface area contributed by atoms with E-state index in [4.69, 9.17) is 9.52 Å². The molecule has 0 atom stereocenters. The molecule has 0 aliphatic carbocycles. The van der Waals surface area contributed by atoms with Gasteiger partial charge in [-0.2, -0.15) is 0 Å². The van der Waals surface area contributed by atoms with Crippen LogP contribution in [0.1, 0.15) is 0 Å². The van der Waals surface area contributed by atoms with Crippen LogP contribution in [-0.4, -0.2) is 40.0 Å². The number of carbonyl (C=O) groups excluding carboxylic acids is 2. The van der Waals surface area contributed by atoms with Crippen LogP contribution in [0.15, 0.2) is 58.7 Å². The lowest BCUT2D eigenvalue weighted by Crippen LogP contribution is -2.34. The highest BCUT2D eigenvalue weighted by Crippen LogP contribution is 2.27. The Hall–Kier alpha value is -3.52. The molecule has 2 aromatic carbocycles. The van der Waals surface area contributed by atoms with E-state index in [1.807, 2.05) is 0 Å². The third kappa shape index (κ3) is 3.18. The second kappa shape index (κ2) is 6.65. The SMILES string of the molecule is O=C1C=C(Nc2ccc3oc(-c4cccc(F)c4)nc3c2)C(=O)N1CCO. The van der Waals surface area contributed by atoms with Gasteiger partial charge in [-0.3, -0.25) is 14.5 Å². The van der Waals surface area contributed by atoms with Gasteiger partial charge >= 0.3 is 0 Å². The fourth-order valence-electron chi connectivity index (χ4n) is 2.82. The summed E-state index contributed by atoms with van der Waals surface area (Å²) in [6.45, 7) is -0.356. The molecular formula is C19H14FN3O4. The summed E-state index contributed by atoms with van der Waals surface area (Å²) in [5.74, 6) is -1.09. The Morgan fingerprint density at radius 2 is 2.04 bits per heavy atom. The quantitative estimate of drug-likeness (QED) is 0.672. The van der Waals surface area contributed by atoms with Gasteiger partial charge in [0.2, 0.25) is 5.89 Å². The monoisotopic (exact) mass is 367 g/mol. The van der Waals surface area contributed by atoms with E-state index in [1.54, 1.807) is 30.3 Å². The molecule has 136 valence electrons. The lowest BCUT2D eigenvalue weighted by molar-refractivity contribution is -0.137. The number of oxazole rings is 1. The number of hydrogen-bond donors (Lipinski definition) is 2. The van der Waals surface area contributed by atoms with Gasteiger partial charge in [-0.05, 0) is 36.4 Å². The molecule has 0 bridgehead atoms. The van der Waals surface area contributed by atoms with Crippen LogP contribution in [0, 0.1) is 5.82 Å². The Kier molecular flexibility index (Phi) is 4.17. The maximum Gasteiger partial charge on any atom is 0.277 e. The number of fused-ring (bicyclic) bond motifs is 1. The molecular weight excluding hydrogens is 353 g/mol. The molecule has 8 heteroatoms. The van der Waals surface area contributed by atoms with Crippen LogP contribution >= 0.6 is 0 Å². The number of aromatic nitrogens is 1. The van der Waals surface area contributed by atoms with Crippen molar-refractivity contribution in [3.63, 3.8) is 0 Å².